The minimum Gasteiger partial charge on any atom is -0.202 e. The molecule has 66 valence electrons. The molecular formula is C4HClF6. The van der Waals surface area contributed by atoms with E-state index in [0.29, 0.717) is 0 Å². The van der Waals surface area contributed by atoms with E-state index in [1.54, 1.807) is 0 Å². The van der Waals surface area contributed by atoms with E-state index in [-0.39, 0.29) is 0 Å². The maximum absolute atomic E-state index is 11.7. The predicted molar refractivity (Wildman–Crippen MR) is 26.0 cm³/mol. The number of hydrogen-bond donors (Lipinski definition) is 0. The average Bonchev–Trinajstić information content (AvgIpc) is 1.82. The largest absolute Gasteiger partial charge is 0.376 e. The summed E-state index contributed by atoms with van der Waals surface area (Å²) in [5, 5.41) is -4.71. The zero-order chi connectivity index (χ0) is 9.23. The van der Waals surface area contributed by atoms with Crippen LogP contribution in [0, 0.1) is 0 Å². The van der Waals surface area contributed by atoms with Gasteiger partial charge in [0.25, 0.3) is 6.43 Å². The fourth-order valence-electron chi connectivity index (χ4n) is 0.231. The fourth-order valence-corrected chi connectivity index (χ4v) is 0.321. The fraction of sp³-hybridized carbons (Fsp3) is 0.500. The summed E-state index contributed by atoms with van der Waals surface area (Å²) in [7, 11) is 0. The molecule has 0 saturated heterocycles. The van der Waals surface area contributed by atoms with Crippen molar-refractivity contribution in [2.45, 2.75) is 11.8 Å². The highest BCUT2D eigenvalue weighted by molar-refractivity contribution is 6.23. The average molecular weight is 198 g/mol. The first-order valence-corrected chi connectivity index (χ1v) is 2.55. The number of alkyl halides is 5. The lowest BCUT2D eigenvalue weighted by Crippen LogP contribution is -2.10. The third kappa shape index (κ3) is 3.00. The topological polar surface area (TPSA) is 0 Å². The molecule has 0 aliphatic heterocycles. The second-order valence-corrected chi connectivity index (χ2v) is 1.94. The van der Waals surface area contributed by atoms with Crippen molar-refractivity contribution in [3.05, 3.63) is 11.7 Å². The van der Waals surface area contributed by atoms with Gasteiger partial charge in [-0.15, -0.1) is 0 Å². The molecule has 0 nitrogen and oxygen atoms in total. The van der Waals surface area contributed by atoms with Crippen molar-refractivity contribution in [2.24, 2.45) is 0 Å². The second kappa shape index (κ2) is 3.34. The van der Waals surface area contributed by atoms with Gasteiger partial charge in [-0.25, -0.2) is 17.6 Å². The molecule has 0 atom stereocenters. The summed E-state index contributed by atoms with van der Waals surface area (Å²) in [6, 6.07) is 0. The van der Waals surface area contributed by atoms with Crippen molar-refractivity contribution >= 4 is 11.6 Å². The third-order valence-electron chi connectivity index (χ3n) is 0.650. The normalized spacial score (nSPS) is 15.3. The predicted octanol–water partition coefficient (Wildman–Crippen LogP) is 3.23. The smallest absolute Gasteiger partial charge is 0.202 e. The zero-order valence-corrected chi connectivity index (χ0v) is 5.48. The molecule has 0 heterocycles. The van der Waals surface area contributed by atoms with Crippen LogP contribution in [0.15, 0.2) is 11.7 Å². The standard InChI is InChI=1S/C4HClF6/c5-4(10,11)2(7)1(6)3(8)9/h3H. The van der Waals surface area contributed by atoms with E-state index in [9.17, 15) is 26.3 Å². The Balaban J connectivity index is 4.67. The lowest BCUT2D eigenvalue weighted by molar-refractivity contribution is 0.0870. The Bertz CT molecular complexity index is 168. The molecule has 0 radical (unpaired) electrons. The maximum atomic E-state index is 11.7. The van der Waals surface area contributed by atoms with E-state index in [2.05, 4.69) is 11.6 Å². The van der Waals surface area contributed by atoms with Gasteiger partial charge >= 0.3 is 5.38 Å². The number of halogens is 7. The van der Waals surface area contributed by atoms with Crippen LogP contribution in [-0.4, -0.2) is 11.8 Å². The molecule has 0 aromatic heterocycles. The lowest BCUT2D eigenvalue weighted by Gasteiger charge is -2.04. The van der Waals surface area contributed by atoms with Gasteiger partial charge in [0.1, 0.15) is 0 Å². The van der Waals surface area contributed by atoms with Gasteiger partial charge in [-0.05, 0) is 11.6 Å². The van der Waals surface area contributed by atoms with Crippen molar-refractivity contribution in [3.8, 4) is 0 Å². The summed E-state index contributed by atoms with van der Waals surface area (Å²) in [6.07, 6.45) is -3.92. The molecule has 0 aliphatic rings. The zero-order valence-electron chi connectivity index (χ0n) is 4.72. The van der Waals surface area contributed by atoms with Gasteiger partial charge in [-0.3, -0.25) is 0 Å². The minimum absolute atomic E-state index is 2.84. The Morgan fingerprint density at radius 2 is 1.55 bits per heavy atom. The molecule has 0 rings (SSSR count). The van der Waals surface area contributed by atoms with E-state index in [1.807, 2.05) is 0 Å². The van der Waals surface area contributed by atoms with Crippen LogP contribution in [0.1, 0.15) is 0 Å². The van der Waals surface area contributed by atoms with Crippen molar-refractivity contribution in [1.29, 1.82) is 0 Å². The minimum atomic E-state index is -4.71. The summed E-state index contributed by atoms with van der Waals surface area (Å²) in [5.41, 5.74) is 0. The summed E-state index contributed by atoms with van der Waals surface area (Å²) in [5.74, 6) is -5.79. The molecule has 0 bridgehead atoms. The van der Waals surface area contributed by atoms with Crippen LogP contribution in [0.2, 0.25) is 0 Å². The Kier molecular flexibility index (Phi) is 3.22. The molecule has 0 amide bonds. The van der Waals surface area contributed by atoms with Crippen LogP contribution in [0.5, 0.6) is 0 Å². The molecule has 0 spiro atoms. The van der Waals surface area contributed by atoms with E-state index in [1.165, 1.54) is 0 Å². The summed E-state index contributed by atoms with van der Waals surface area (Å²) in [4.78, 5) is 0. The Hall–Kier alpha value is -0.390. The van der Waals surface area contributed by atoms with Gasteiger partial charge in [-0.1, -0.05) is 0 Å². The first-order valence-electron chi connectivity index (χ1n) is 2.17. The van der Waals surface area contributed by atoms with Gasteiger partial charge < -0.3 is 0 Å². The molecule has 0 unspecified atom stereocenters. The molecule has 0 aromatic carbocycles. The number of allylic oxidation sites excluding steroid dienone is 2. The van der Waals surface area contributed by atoms with Crippen molar-refractivity contribution in [3.63, 3.8) is 0 Å². The molecule has 11 heavy (non-hydrogen) atoms. The van der Waals surface area contributed by atoms with Gasteiger partial charge in [-0.2, -0.15) is 8.78 Å². The quantitative estimate of drug-likeness (QED) is 0.472. The highest BCUT2D eigenvalue weighted by Gasteiger charge is 2.37. The lowest BCUT2D eigenvalue weighted by atomic mass is 10.4. The Morgan fingerprint density at radius 3 is 1.64 bits per heavy atom. The summed E-state index contributed by atoms with van der Waals surface area (Å²) < 4.78 is 68.6. The highest BCUT2D eigenvalue weighted by Crippen LogP contribution is 2.34. The van der Waals surface area contributed by atoms with Crippen LogP contribution >= 0.6 is 11.6 Å². The Labute approximate surface area is 62.4 Å². The Morgan fingerprint density at radius 1 is 1.18 bits per heavy atom. The van der Waals surface area contributed by atoms with E-state index in [4.69, 9.17) is 0 Å². The van der Waals surface area contributed by atoms with Crippen LogP contribution in [-0.2, 0) is 0 Å². The number of hydrogen-bond acceptors (Lipinski definition) is 0. The van der Waals surface area contributed by atoms with E-state index in [0.717, 1.165) is 0 Å². The van der Waals surface area contributed by atoms with Gasteiger partial charge in [0.2, 0.25) is 11.7 Å². The van der Waals surface area contributed by atoms with E-state index >= 15 is 0 Å². The van der Waals surface area contributed by atoms with Crippen LogP contribution in [0.4, 0.5) is 26.3 Å². The van der Waals surface area contributed by atoms with Crippen LogP contribution < -0.4 is 0 Å². The number of rotatable bonds is 2. The van der Waals surface area contributed by atoms with Gasteiger partial charge in [0.05, 0.1) is 0 Å². The van der Waals surface area contributed by atoms with Crippen LogP contribution in [0.25, 0.3) is 0 Å². The van der Waals surface area contributed by atoms with Gasteiger partial charge in [0.15, 0.2) is 0 Å². The van der Waals surface area contributed by atoms with E-state index < -0.39 is 23.5 Å². The molecule has 0 aliphatic carbocycles. The SMILES string of the molecule is FC(=C(F)C(F)(F)Cl)C(F)F. The van der Waals surface area contributed by atoms with Crippen LogP contribution in [0.3, 0.4) is 0 Å². The monoisotopic (exact) mass is 198 g/mol. The van der Waals surface area contributed by atoms with Gasteiger partial charge in [0, 0.05) is 0 Å². The molecule has 7 heteroatoms. The molecule has 0 fully saturated rings. The molecule has 0 N–H and O–H groups in total. The van der Waals surface area contributed by atoms with Crippen molar-refractivity contribution in [2.75, 3.05) is 0 Å². The van der Waals surface area contributed by atoms with Crippen molar-refractivity contribution < 1.29 is 26.3 Å². The first-order chi connectivity index (χ1) is 4.76. The highest BCUT2D eigenvalue weighted by atomic mass is 35.5. The molecule has 0 saturated carbocycles. The first kappa shape index (κ1) is 10.6. The third-order valence-corrected chi connectivity index (χ3v) is 0.816. The molecular weight excluding hydrogens is 197 g/mol. The summed E-state index contributed by atoms with van der Waals surface area (Å²) >= 11 is 3.88. The molecule has 0 aromatic rings. The maximum Gasteiger partial charge on any atom is 0.376 e. The van der Waals surface area contributed by atoms with Crippen molar-refractivity contribution in [1.82, 2.24) is 0 Å². The summed E-state index contributed by atoms with van der Waals surface area (Å²) in [6.45, 7) is 0. The second-order valence-electron chi connectivity index (χ2n) is 1.46.